The number of esters is 1. The predicted octanol–water partition coefficient (Wildman–Crippen LogP) is 2.84. The molecule has 7 nitrogen and oxygen atoms in total. The number of hydrogen-bond acceptors (Lipinski definition) is 5. The van der Waals surface area contributed by atoms with Gasteiger partial charge in [0, 0.05) is 0 Å². The van der Waals surface area contributed by atoms with E-state index in [0.29, 0.717) is 17.0 Å². The van der Waals surface area contributed by atoms with Crippen LogP contribution in [0.4, 0.5) is 0 Å². The van der Waals surface area contributed by atoms with Crippen molar-refractivity contribution < 1.29 is 24.3 Å². The van der Waals surface area contributed by atoms with Gasteiger partial charge >= 0.3 is 5.97 Å². The minimum absolute atomic E-state index is 0.134. The molecule has 2 atom stereocenters. The smallest absolute Gasteiger partial charge is 0.333 e. The summed E-state index contributed by atoms with van der Waals surface area (Å²) in [6.45, 7) is 7.12. The van der Waals surface area contributed by atoms with Gasteiger partial charge in [-0.3, -0.25) is 14.8 Å². The molecule has 1 rings (SSSR count). The SMILES string of the molecule is CCCC[C@H](CN(O)C=O)C(=O)N[C@H](C(=O)OC(C)(C)C)c1ccccc1. The number of unbranched alkanes of at least 4 members (excludes halogenated alkanes) is 1. The Hall–Kier alpha value is -2.41. The lowest BCUT2D eigenvalue weighted by Crippen LogP contribution is -2.43. The molecule has 1 aromatic rings. The summed E-state index contributed by atoms with van der Waals surface area (Å²) in [5.74, 6) is -1.61. The van der Waals surface area contributed by atoms with E-state index in [1.807, 2.05) is 13.0 Å². The van der Waals surface area contributed by atoms with Crippen LogP contribution in [0.15, 0.2) is 30.3 Å². The van der Waals surface area contributed by atoms with Crippen LogP contribution in [0.3, 0.4) is 0 Å². The van der Waals surface area contributed by atoms with E-state index in [0.717, 1.165) is 12.8 Å². The number of hydroxylamine groups is 2. The van der Waals surface area contributed by atoms with Gasteiger partial charge in [-0.2, -0.15) is 0 Å². The fourth-order valence-corrected chi connectivity index (χ4v) is 2.57. The number of nitrogens with zero attached hydrogens (tertiary/aromatic N) is 1. The standard InChI is InChI=1S/C20H30N2O5/c1-5-6-10-16(13-22(26)14-23)18(24)21-17(15-11-8-7-9-12-15)19(25)27-20(2,3)4/h7-9,11-12,14,16-17,26H,5-6,10,13H2,1-4H3,(H,21,24)/t16-,17+/m1/s1. The maximum absolute atomic E-state index is 12.8. The van der Waals surface area contributed by atoms with Gasteiger partial charge in [0.05, 0.1) is 12.5 Å². The first-order chi connectivity index (χ1) is 12.7. The molecule has 0 unspecified atom stereocenters. The van der Waals surface area contributed by atoms with Gasteiger partial charge in [-0.1, -0.05) is 50.1 Å². The van der Waals surface area contributed by atoms with Gasteiger partial charge < -0.3 is 10.1 Å². The third kappa shape index (κ3) is 8.21. The molecule has 0 heterocycles. The van der Waals surface area contributed by atoms with Crippen LogP contribution in [0, 0.1) is 5.92 Å². The second-order valence-electron chi connectivity index (χ2n) is 7.45. The molecule has 0 aromatic heterocycles. The molecule has 0 bridgehead atoms. The van der Waals surface area contributed by atoms with Crippen molar-refractivity contribution in [3.63, 3.8) is 0 Å². The summed E-state index contributed by atoms with van der Waals surface area (Å²) >= 11 is 0. The molecule has 0 spiro atoms. The fourth-order valence-electron chi connectivity index (χ4n) is 2.57. The summed E-state index contributed by atoms with van der Waals surface area (Å²) in [6.07, 6.45) is 2.37. The van der Waals surface area contributed by atoms with Crippen molar-refractivity contribution in [2.24, 2.45) is 5.92 Å². The Morgan fingerprint density at radius 1 is 1.26 bits per heavy atom. The first kappa shape index (κ1) is 22.6. The van der Waals surface area contributed by atoms with Crippen molar-refractivity contribution in [2.75, 3.05) is 6.54 Å². The zero-order valence-corrected chi connectivity index (χ0v) is 16.5. The Morgan fingerprint density at radius 3 is 2.41 bits per heavy atom. The first-order valence-corrected chi connectivity index (χ1v) is 9.17. The average molecular weight is 378 g/mol. The summed E-state index contributed by atoms with van der Waals surface area (Å²) < 4.78 is 5.45. The fraction of sp³-hybridized carbons (Fsp3) is 0.550. The molecule has 0 radical (unpaired) electrons. The van der Waals surface area contributed by atoms with Gasteiger partial charge in [-0.25, -0.2) is 9.86 Å². The zero-order chi connectivity index (χ0) is 20.4. The summed E-state index contributed by atoms with van der Waals surface area (Å²) in [7, 11) is 0. The minimum atomic E-state index is -0.967. The molecular weight excluding hydrogens is 348 g/mol. The van der Waals surface area contributed by atoms with Gasteiger partial charge in [-0.15, -0.1) is 0 Å². The predicted molar refractivity (Wildman–Crippen MR) is 101 cm³/mol. The Balaban J connectivity index is 3.01. The van der Waals surface area contributed by atoms with Crippen LogP contribution in [0.2, 0.25) is 0 Å². The van der Waals surface area contributed by atoms with Crippen molar-refractivity contribution in [3.8, 4) is 0 Å². The first-order valence-electron chi connectivity index (χ1n) is 9.17. The van der Waals surface area contributed by atoms with E-state index in [2.05, 4.69) is 5.32 Å². The lowest BCUT2D eigenvalue weighted by Gasteiger charge is -2.26. The zero-order valence-electron chi connectivity index (χ0n) is 16.5. The molecule has 2 amide bonds. The van der Waals surface area contributed by atoms with Crippen LogP contribution in [0.5, 0.6) is 0 Å². The van der Waals surface area contributed by atoms with Crippen LogP contribution in [0.25, 0.3) is 0 Å². The molecule has 7 heteroatoms. The van der Waals surface area contributed by atoms with Crippen LogP contribution < -0.4 is 5.32 Å². The molecule has 1 aromatic carbocycles. The van der Waals surface area contributed by atoms with E-state index in [1.165, 1.54) is 0 Å². The number of benzene rings is 1. The van der Waals surface area contributed by atoms with Gasteiger partial charge in [0.2, 0.25) is 12.3 Å². The van der Waals surface area contributed by atoms with Gasteiger partial charge in [0.25, 0.3) is 0 Å². The Bertz CT molecular complexity index is 613. The Morgan fingerprint density at radius 2 is 1.89 bits per heavy atom. The molecular formula is C20H30N2O5. The third-order valence-electron chi connectivity index (χ3n) is 3.87. The van der Waals surface area contributed by atoms with Crippen molar-refractivity contribution in [1.82, 2.24) is 10.4 Å². The summed E-state index contributed by atoms with van der Waals surface area (Å²) in [6, 6.07) is 7.87. The van der Waals surface area contributed by atoms with E-state index in [4.69, 9.17) is 4.74 Å². The molecule has 0 fully saturated rings. The van der Waals surface area contributed by atoms with E-state index in [-0.39, 0.29) is 13.0 Å². The number of ether oxygens (including phenoxy) is 1. The Labute approximate surface area is 160 Å². The van der Waals surface area contributed by atoms with Gasteiger partial charge in [0.15, 0.2) is 6.04 Å². The van der Waals surface area contributed by atoms with Crippen molar-refractivity contribution >= 4 is 18.3 Å². The highest BCUT2D eigenvalue weighted by Crippen LogP contribution is 2.20. The lowest BCUT2D eigenvalue weighted by atomic mass is 9.99. The highest BCUT2D eigenvalue weighted by atomic mass is 16.6. The molecule has 150 valence electrons. The highest BCUT2D eigenvalue weighted by molar-refractivity contribution is 5.87. The number of carbonyl (C=O) groups excluding carboxylic acids is 3. The summed E-state index contributed by atoms with van der Waals surface area (Å²) in [5.41, 5.74) is -0.0962. The van der Waals surface area contributed by atoms with Gasteiger partial charge in [-0.05, 0) is 32.8 Å². The van der Waals surface area contributed by atoms with E-state index < -0.39 is 29.4 Å². The number of hydrogen-bond donors (Lipinski definition) is 2. The van der Waals surface area contributed by atoms with Crippen LogP contribution in [-0.2, 0) is 19.1 Å². The normalized spacial score (nSPS) is 13.4. The molecule has 0 aliphatic heterocycles. The number of carbonyl (C=O) groups is 3. The lowest BCUT2D eigenvalue weighted by molar-refractivity contribution is -0.161. The maximum atomic E-state index is 12.8. The third-order valence-corrected chi connectivity index (χ3v) is 3.87. The van der Waals surface area contributed by atoms with E-state index in [1.54, 1.807) is 45.0 Å². The largest absolute Gasteiger partial charge is 0.458 e. The summed E-state index contributed by atoms with van der Waals surface area (Å²) in [4.78, 5) is 36.2. The van der Waals surface area contributed by atoms with Crippen molar-refractivity contribution in [3.05, 3.63) is 35.9 Å². The molecule has 0 saturated carbocycles. The van der Waals surface area contributed by atoms with Crippen LogP contribution in [0.1, 0.15) is 58.6 Å². The van der Waals surface area contributed by atoms with Crippen LogP contribution in [-0.4, -0.2) is 40.7 Å². The van der Waals surface area contributed by atoms with E-state index in [9.17, 15) is 19.6 Å². The quantitative estimate of drug-likeness (QED) is 0.282. The van der Waals surface area contributed by atoms with Crippen molar-refractivity contribution in [2.45, 2.75) is 58.6 Å². The molecule has 0 aliphatic rings. The minimum Gasteiger partial charge on any atom is -0.458 e. The summed E-state index contributed by atoms with van der Waals surface area (Å²) in [5, 5.41) is 12.7. The van der Waals surface area contributed by atoms with Crippen LogP contribution >= 0.6 is 0 Å². The Kier molecular flexibility index (Phi) is 8.94. The average Bonchev–Trinajstić information content (AvgIpc) is 2.61. The maximum Gasteiger partial charge on any atom is 0.333 e. The molecule has 2 N–H and O–H groups in total. The molecule has 0 aliphatic carbocycles. The number of amides is 2. The monoisotopic (exact) mass is 378 g/mol. The number of rotatable bonds is 10. The highest BCUT2D eigenvalue weighted by Gasteiger charge is 2.30. The second-order valence-corrected chi connectivity index (χ2v) is 7.45. The van der Waals surface area contributed by atoms with Crippen molar-refractivity contribution in [1.29, 1.82) is 0 Å². The molecule has 0 saturated heterocycles. The number of nitrogens with one attached hydrogen (secondary N) is 1. The topological polar surface area (TPSA) is 95.9 Å². The second kappa shape index (κ2) is 10.7. The van der Waals surface area contributed by atoms with Gasteiger partial charge in [0.1, 0.15) is 5.60 Å². The molecule has 27 heavy (non-hydrogen) atoms. The van der Waals surface area contributed by atoms with E-state index >= 15 is 0 Å².